The van der Waals surface area contributed by atoms with Crippen LogP contribution in [0.3, 0.4) is 0 Å². The molecule has 25 heavy (non-hydrogen) atoms. The van der Waals surface area contributed by atoms with E-state index in [-0.39, 0.29) is 12.0 Å². The average molecular weight is 359 g/mol. The average Bonchev–Trinajstić information content (AvgIpc) is 3.37. The molecule has 1 saturated carbocycles. The van der Waals surface area contributed by atoms with Gasteiger partial charge in [-0.05, 0) is 50.8 Å². The number of nitrogens with zero attached hydrogens (tertiary/aromatic N) is 2. The van der Waals surface area contributed by atoms with Gasteiger partial charge < -0.3 is 9.64 Å². The van der Waals surface area contributed by atoms with Crippen molar-refractivity contribution in [2.75, 3.05) is 0 Å². The summed E-state index contributed by atoms with van der Waals surface area (Å²) in [5, 5.41) is 2.99. The summed E-state index contributed by atoms with van der Waals surface area (Å²) in [5.41, 5.74) is 2.14. The third kappa shape index (κ3) is 4.82. The molecule has 134 valence electrons. The van der Waals surface area contributed by atoms with E-state index in [1.54, 1.807) is 11.3 Å². The van der Waals surface area contributed by atoms with Crippen molar-refractivity contribution in [3.05, 3.63) is 45.9 Å². The van der Waals surface area contributed by atoms with E-state index in [9.17, 15) is 4.79 Å². The Morgan fingerprint density at radius 2 is 2.24 bits per heavy atom. The molecule has 3 rings (SSSR count). The molecule has 0 unspecified atom stereocenters. The van der Waals surface area contributed by atoms with Crippen molar-refractivity contribution in [1.29, 1.82) is 0 Å². The highest BCUT2D eigenvalue weighted by molar-refractivity contribution is 7.09. The van der Waals surface area contributed by atoms with Crippen LogP contribution in [0.4, 0.5) is 0 Å². The molecule has 0 spiro atoms. The number of amides is 1. The van der Waals surface area contributed by atoms with Gasteiger partial charge >= 0.3 is 0 Å². The number of aromatic nitrogens is 1. The first-order chi connectivity index (χ1) is 12.1. The smallest absolute Gasteiger partial charge is 0.226 e. The van der Waals surface area contributed by atoms with Crippen LogP contribution in [0.2, 0.25) is 0 Å². The quantitative estimate of drug-likeness (QED) is 0.694. The molecule has 0 radical (unpaired) electrons. The topological polar surface area (TPSA) is 42.4 Å². The molecule has 1 aromatic heterocycles. The van der Waals surface area contributed by atoms with E-state index >= 15 is 0 Å². The lowest BCUT2D eigenvalue weighted by molar-refractivity contribution is -0.135. The van der Waals surface area contributed by atoms with Gasteiger partial charge in [-0.1, -0.05) is 19.1 Å². The maximum absolute atomic E-state index is 12.5. The Hall–Kier alpha value is -1.88. The zero-order valence-electron chi connectivity index (χ0n) is 15.2. The first-order valence-corrected chi connectivity index (χ1v) is 9.88. The van der Waals surface area contributed by atoms with Crippen LogP contribution in [0.25, 0.3) is 0 Å². The second-order valence-corrected chi connectivity index (χ2v) is 7.78. The van der Waals surface area contributed by atoms with E-state index in [0.29, 0.717) is 19.1 Å². The first-order valence-electron chi connectivity index (χ1n) is 9.00. The Morgan fingerprint density at radius 1 is 1.44 bits per heavy atom. The lowest BCUT2D eigenvalue weighted by Crippen LogP contribution is -2.38. The predicted molar refractivity (Wildman–Crippen MR) is 101 cm³/mol. The summed E-state index contributed by atoms with van der Waals surface area (Å²) in [5.74, 6) is 1.40. The van der Waals surface area contributed by atoms with Gasteiger partial charge in [0.2, 0.25) is 5.91 Å². The first kappa shape index (κ1) is 17.9. The molecule has 1 heterocycles. The minimum absolute atomic E-state index is 0.247. The third-order valence-corrected chi connectivity index (χ3v) is 5.49. The fourth-order valence-corrected chi connectivity index (χ4v) is 3.44. The summed E-state index contributed by atoms with van der Waals surface area (Å²) < 4.78 is 5.82. The van der Waals surface area contributed by atoms with E-state index in [4.69, 9.17) is 4.74 Å². The van der Waals surface area contributed by atoms with E-state index in [0.717, 1.165) is 35.7 Å². The van der Waals surface area contributed by atoms with Crippen molar-refractivity contribution in [3.8, 4) is 5.75 Å². The van der Waals surface area contributed by atoms with Gasteiger partial charge in [0.05, 0.1) is 12.2 Å². The third-order valence-electron chi connectivity index (χ3n) is 4.62. The Balaban J connectivity index is 1.60. The van der Waals surface area contributed by atoms with Gasteiger partial charge in [-0.15, -0.1) is 11.3 Å². The number of carbonyl (C=O) groups excluding carboxylic acids is 1. The van der Waals surface area contributed by atoms with E-state index in [1.165, 1.54) is 5.56 Å². The number of aryl methyl sites for hydroxylation is 1. The molecule has 0 saturated heterocycles. The molecular weight excluding hydrogens is 332 g/mol. The van der Waals surface area contributed by atoms with E-state index in [1.807, 2.05) is 28.5 Å². The standard InChI is InChI=1S/C20H26N2O2S/c1-4-15(3)22(20(23)16-8-9-16)11-17-13-25-19(21-17)12-24-18-7-5-6-14(2)10-18/h5-7,10,13,15-16H,4,8-9,11-12H2,1-3H3/t15-/m0/s1. The van der Waals surface area contributed by atoms with Crippen LogP contribution in [0.5, 0.6) is 5.75 Å². The SMILES string of the molecule is CC[C@H](C)N(Cc1csc(COc2cccc(C)c2)n1)C(=O)C1CC1. The lowest BCUT2D eigenvalue weighted by atomic mass is 10.2. The molecule has 1 amide bonds. The van der Waals surface area contributed by atoms with Crippen molar-refractivity contribution in [2.45, 2.75) is 59.2 Å². The monoisotopic (exact) mass is 358 g/mol. The highest BCUT2D eigenvalue weighted by Gasteiger charge is 2.35. The minimum atomic E-state index is 0.247. The van der Waals surface area contributed by atoms with E-state index in [2.05, 4.69) is 31.8 Å². The summed E-state index contributed by atoms with van der Waals surface area (Å²) in [7, 11) is 0. The zero-order chi connectivity index (χ0) is 17.8. The second kappa shape index (κ2) is 8.00. The number of rotatable bonds is 8. The highest BCUT2D eigenvalue weighted by Crippen LogP contribution is 2.32. The zero-order valence-corrected chi connectivity index (χ0v) is 16.0. The van der Waals surface area contributed by atoms with Crippen LogP contribution in [0, 0.1) is 12.8 Å². The fourth-order valence-electron chi connectivity index (χ4n) is 2.75. The van der Waals surface area contributed by atoms with Crippen LogP contribution in [0.15, 0.2) is 29.6 Å². The molecule has 5 heteroatoms. The van der Waals surface area contributed by atoms with Crippen molar-refractivity contribution in [3.63, 3.8) is 0 Å². The maximum Gasteiger partial charge on any atom is 0.226 e. The summed E-state index contributed by atoms with van der Waals surface area (Å²) in [6.07, 6.45) is 3.04. The Labute approximate surface area is 153 Å². The molecule has 1 atom stereocenters. The number of thiazole rings is 1. The maximum atomic E-state index is 12.5. The van der Waals surface area contributed by atoms with Crippen molar-refractivity contribution >= 4 is 17.2 Å². The van der Waals surface area contributed by atoms with Gasteiger partial charge in [-0.25, -0.2) is 4.98 Å². The summed E-state index contributed by atoms with van der Waals surface area (Å²) in [6, 6.07) is 8.27. The highest BCUT2D eigenvalue weighted by atomic mass is 32.1. The summed E-state index contributed by atoms with van der Waals surface area (Å²) >= 11 is 1.60. The van der Waals surface area contributed by atoms with Gasteiger partial charge in [-0.3, -0.25) is 4.79 Å². The largest absolute Gasteiger partial charge is 0.486 e. The normalized spacial score (nSPS) is 15.0. The molecule has 1 aromatic carbocycles. The molecule has 0 bridgehead atoms. The molecule has 4 nitrogen and oxygen atoms in total. The molecule has 1 fully saturated rings. The van der Waals surface area contributed by atoms with Crippen LogP contribution >= 0.6 is 11.3 Å². The van der Waals surface area contributed by atoms with Gasteiger partial charge in [0.1, 0.15) is 17.4 Å². The molecule has 0 aliphatic heterocycles. The Bertz CT molecular complexity index is 724. The molecular formula is C20H26N2O2S. The fraction of sp³-hybridized carbons (Fsp3) is 0.500. The number of benzene rings is 1. The van der Waals surface area contributed by atoms with Crippen LogP contribution in [-0.4, -0.2) is 21.8 Å². The molecule has 1 aliphatic carbocycles. The van der Waals surface area contributed by atoms with Crippen LogP contribution < -0.4 is 4.74 Å². The number of hydrogen-bond acceptors (Lipinski definition) is 4. The van der Waals surface area contributed by atoms with Crippen LogP contribution in [0.1, 0.15) is 49.4 Å². The predicted octanol–water partition coefficient (Wildman–Crippen LogP) is 4.57. The lowest BCUT2D eigenvalue weighted by Gasteiger charge is -2.28. The molecule has 2 aromatic rings. The van der Waals surface area contributed by atoms with Crippen molar-refractivity contribution < 1.29 is 9.53 Å². The Morgan fingerprint density at radius 3 is 2.92 bits per heavy atom. The summed E-state index contributed by atoms with van der Waals surface area (Å²) in [4.78, 5) is 19.2. The Kier molecular flexibility index (Phi) is 5.74. The molecule has 0 N–H and O–H groups in total. The second-order valence-electron chi connectivity index (χ2n) is 6.84. The van der Waals surface area contributed by atoms with Gasteiger partial charge in [0.25, 0.3) is 0 Å². The van der Waals surface area contributed by atoms with Gasteiger partial charge in [0, 0.05) is 17.3 Å². The number of ether oxygens (including phenoxy) is 1. The van der Waals surface area contributed by atoms with E-state index < -0.39 is 0 Å². The summed E-state index contributed by atoms with van der Waals surface area (Å²) in [6.45, 7) is 7.36. The van der Waals surface area contributed by atoms with Gasteiger partial charge in [-0.2, -0.15) is 0 Å². The van der Waals surface area contributed by atoms with Gasteiger partial charge in [0.15, 0.2) is 0 Å². The number of carbonyl (C=O) groups is 1. The van der Waals surface area contributed by atoms with Crippen LogP contribution in [-0.2, 0) is 17.9 Å². The van der Waals surface area contributed by atoms with Crippen molar-refractivity contribution in [1.82, 2.24) is 9.88 Å². The minimum Gasteiger partial charge on any atom is -0.486 e. The van der Waals surface area contributed by atoms with Crippen molar-refractivity contribution in [2.24, 2.45) is 5.92 Å². The molecule has 1 aliphatic rings. The number of hydrogen-bond donors (Lipinski definition) is 0.